The summed E-state index contributed by atoms with van der Waals surface area (Å²) < 4.78 is 0. The van der Waals surface area contributed by atoms with Crippen molar-refractivity contribution >= 4 is 21.8 Å². The zero-order valence-corrected chi connectivity index (χ0v) is 11.8. The molecule has 2 aliphatic rings. The van der Waals surface area contributed by atoms with Crippen molar-refractivity contribution in [3.8, 4) is 0 Å². The molecule has 16 heavy (non-hydrogen) atoms. The van der Waals surface area contributed by atoms with Gasteiger partial charge < -0.3 is 5.32 Å². The van der Waals surface area contributed by atoms with Crippen LogP contribution in [-0.4, -0.2) is 17.8 Å². The van der Waals surface area contributed by atoms with E-state index in [9.17, 15) is 4.79 Å². The van der Waals surface area contributed by atoms with Crippen LogP contribution in [0.15, 0.2) is 0 Å². The first-order valence-electron chi connectivity index (χ1n) is 6.35. The predicted molar refractivity (Wildman–Crippen MR) is 69.5 cm³/mol. The first-order valence-corrected chi connectivity index (χ1v) is 7.48. The minimum atomic E-state index is 0.209. The second-order valence-electron chi connectivity index (χ2n) is 6.25. The van der Waals surface area contributed by atoms with Crippen molar-refractivity contribution in [2.45, 2.75) is 39.5 Å². The molecule has 2 rings (SSSR count). The SMILES string of the molecule is CC(C)(CCBr)CNC(=O)C1CC2CC2C1. The van der Waals surface area contributed by atoms with Crippen molar-refractivity contribution in [1.29, 1.82) is 0 Å². The highest BCUT2D eigenvalue weighted by atomic mass is 79.9. The van der Waals surface area contributed by atoms with Gasteiger partial charge in [0.2, 0.25) is 5.91 Å². The van der Waals surface area contributed by atoms with Gasteiger partial charge in [-0.1, -0.05) is 29.8 Å². The maximum atomic E-state index is 11.9. The number of hydrogen-bond donors (Lipinski definition) is 1. The predicted octanol–water partition coefficient (Wildman–Crippen LogP) is 2.96. The fourth-order valence-electron chi connectivity index (χ4n) is 2.74. The molecule has 0 saturated heterocycles. The third-order valence-corrected chi connectivity index (χ3v) is 4.52. The Kier molecular flexibility index (Phi) is 3.62. The monoisotopic (exact) mass is 287 g/mol. The summed E-state index contributed by atoms with van der Waals surface area (Å²) in [4.78, 5) is 11.9. The third-order valence-electron chi connectivity index (χ3n) is 4.13. The minimum Gasteiger partial charge on any atom is -0.355 e. The Balaban J connectivity index is 1.71. The second kappa shape index (κ2) is 4.67. The van der Waals surface area contributed by atoms with Crippen LogP contribution < -0.4 is 5.32 Å². The third kappa shape index (κ3) is 2.99. The number of halogens is 1. The number of hydrogen-bond acceptors (Lipinski definition) is 1. The first kappa shape index (κ1) is 12.4. The molecule has 0 aromatic carbocycles. The van der Waals surface area contributed by atoms with Crippen molar-refractivity contribution in [1.82, 2.24) is 5.32 Å². The zero-order valence-electron chi connectivity index (χ0n) is 10.3. The van der Waals surface area contributed by atoms with Gasteiger partial charge in [0.15, 0.2) is 0 Å². The van der Waals surface area contributed by atoms with Gasteiger partial charge in [0.25, 0.3) is 0 Å². The second-order valence-corrected chi connectivity index (χ2v) is 7.04. The Labute approximate surface area is 107 Å². The normalized spacial score (nSPS) is 32.3. The van der Waals surface area contributed by atoms with Crippen LogP contribution >= 0.6 is 15.9 Å². The lowest BCUT2D eigenvalue weighted by atomic mass is 9.90. The molecule has 0 aromatic rings. The Bertz CT molecular complexity index is 267. The van der Waals surface area contributed by atoms with Gasteiger partial charge in [-0.25, -0.2) is 0 Å². The van der Waals surface area contributed by atoms with Gasteiger partial charge in [-0.15, -0.1) is 0 Å². The molecule has 0 radical (unpaired) electrons. The summed E-state index contributed by atoms with van der Waals surface area (Å²) in [6.45, 7) is 5.23. The molecule has 3 heteroatoms. The van der Waals surface area contributed by atoms with Crippen LogP contribution in [0, 0.1) is 23.2 Å². The van der Waals surface area contributed by atoms with E-state index in [2.05, 4.69) is 35.1 Å². The molecule has 0 heterocycles. The Morgan fingerprint density at radius 3 is 2.50 bits per heavy atom. The molecule has 0 spiro atoms. The minimum absolute atomic E-state index is 0.209. The molecule has 0 bridgehead atoms. The molecule has 2 unspecified atom stereocenters. The molecule has 2 nitrogen and oxygen atoms in total. The highest BCUT2D eigenvalue weighted by molar-refractivity contribution is 9.09. The molecular formula is C13H22BrNO. The van der Waals surface area contributed by atoms with Crippen molar-refractivity contribution < 1.29 is 4.79 Å². The Morgan fingerprint density at radius 2 is 1.94 bits per heavy atom. The molecule has 0 aromatic heterocycles. The summed E-state index contributed by atoms with van der Waals surface area (Å²) in [6, 6.07) is 0. The summed E-state index contributed by atoms with van der Waals surface area (Å²) in [5.74, 6) is 2.41. The van der Waals surface area contributed by atoms with Crippen LogP contribution in [-0.2, 0) is 4.79 Å². The number of fused-ring (bicyclic) bond motifs is 1. The Hall–Kier alpha value is -0.0500. The quantitative estimate of drug-likeness (QED) is 0.774. The number of alkyl halides is 1. The summed E-state index contributed by atoms with van der Waals surface area (Å²) in [6.07, 6.45) is 4.78. The van der Waals surface area contributed by atoms with Gasteiger partial charge in [0.05, 0.1) is 0 Å². The summed E-state index contributed by atoms with van der Waals surface area (Å²) in [7, 11) is 0. The molecule has 92 valence electrons. The first-order chi connectivity index (χ1) is 7.52. The van der Waals surface area contributed by atoms with Gasteiger partial charge in [0, 0.05) is 17.8 Å². The summed E-state index contributed by atoms with van der Waals surface area (Å²) in [5, 5.41) is 4.13. The molecular weight excluding hydrogens is 266 g/mol. The van der Waals surface area contributed by atoms with E-state index in [0.717, 1.165) is 43.0 Å². The van der Waals surface area contributed by atoms with Crippen molar-refractivity contribution in [3.05, 3.63) is 0 Å². The average molecular weight is 288 g/mol. The van der Waals surface area contributed by atoms with E-state index < -0.39 is 0 Å². The van der Waals surface area contributed by atoms with E-state index in [1.807, 2.05) is 0 Å². The fourth-order valence-corrected chi connectivity index (χ4v) is 3.82. The van der Waals surface area contributed by atoms with Gasteiger partial charge >= 0.3 is 0 Å². The van der Waals surface area contributed by atoms with E-state index in [0.29, 0.717) is 11.8 Å². The van der Waals surface area contributed by atoms with E-state index in [4.69, 9.17) is 0 Å². The van der Waals surface area contributed by atoms with E-state index >= 15 is 0 Å². The zero-order chi connectivity index (χ0) is 11.8. The lowest BCUT2D eigenvalue weighted by molar-refractivity contribution is -0.125. The maximum Gasteiger partial charge on any atom is 0.223 e. The van der Waals surface area contributed by atoms with Crippen LogP contribution in [0.25, 0.3) is 0 Å². The summed E-state index contributed by atoms with van der Waals surface area (Å²) in [5.41, 5.74) is 0.209. The topological polar surface area (TPSA) is 29.1 Å². The van der Waals surface area contributed by atoms with Crippen molar-refractivity contribution in [3.63, 3.8) is 0 Å². The standard InChI is InChI=1S/C13H22BrNO/c1-13(2,3-4-14)8-15-12(16)11-6-9-5-10(9)7-11/h9-11H,3-8H2,1-2H3,(H,15,16). The van der Waals surface area contributed by atoms with E-state index in [-0.39, 0.29) is 5.41 Å². The number of rotatable bonds is 5. The molecule has 2 aliphatic carbocycles. The molecule has 2 fully saturated rings. The number of nitrogens with one attached hydrogen (secondary N) is 1. The van der Waals surface area contributed by atoms with Crippen molar-refractivity contribution in [2.75, 3.05) is 11.9 Å². The molecule has 0 aliphatic heterocycles. The molecule has 1 N–H and O–H groups in total. The van der Waals surface area contributed by atoms with E-state index in [1.165, 1.54) is 6.42 Å². The number of carbonyl (C=O) groups is 1. The average Bonchev–Trinajstić information content (AvgIpc) is 2.82. The lowest BCUT2D eigenvalue weighted by Crippen LogP contribution is -2.37. The van der Waals surface area contributed by atoms with Gasteiger partial charge in [-0.2, -0.15) is 0 Å². The Morgan fingerprint density at radius 1 is 1.31 bits per heavy atom. The number of amides is 1. The molecule has 2 atom stereocenters. The van der Waals surface area contributed by atoms with Crippen LogP contribution in [0.3, 0.4) is 0 Å². The van der Waals surface area contributed by atoms with Crippen LogP contribution in [0.4, 0.5) is 0 Å². The van der Waals surface area contributed by atoms with Crippen LogP contribution in [0.1, 0.15) is 39.5 Å². The van der Waals surface area contributed by atoms with Crippen molar-refractivity contribution in [2.24, 2.45) is 23.2 Å². The number of carbonyl (C=O) groups excluding carboxylic acids is 1. The molecule has 1 amide bonds. The smallest absolute Gasteiger partial charge is 0.223 e. The summed E-state index contributed by atoms with van der Waals surface area (Å²) >= 11 is 3.46. The fraction of sp³-hybridized carbons (Fsp3) is 0.923. The van der Waals surface area contributed by atoms with Gasteiger partial charge in [0.1, 0.15) is 0 Å². The highest BCUT2D eigenvalue weighted by Gasteiger charge is 2.47. The van der Waals surface area contributed by atoms with Crippen LogP contribution in [0.5, 0.6) is 0 Å². The molecule has 2 saturated carbocycles. The van der Waals surface area contributed by atoms with Gasteiger partial charge in [-0.3, -0.25) is 4.79 Å². The highest BCUT2D eigenvalue weighted by Crippen LogP contribution is 2.54. The van der Waals surface area contributed by atoms with Crippen LogP contribution in [0.2, 0.25) is 0 Å². The lowest BCUT2D eigenvalue weighted by Gasteiger charge is -2.25. The largest absolute Gasteiger partial charge is 0.355 e. The van der Waals surface area contributed by atoms with Gasteiger partial charge in [-0.05, 0) is 42.9 Å². The van der Waals surface area contributed by atoms with E-state index in [1.54, 1.807) is 0 Å². The maximum absolute atomic E-state index is 11.9.